The van der Waals surface area contributed by atoms with Crippen LogP contribution in [0.4, 0.5) is 30.7 Å². The number of hydrogen-bond donors (Lipinski definition) is 0. The summed E-state index contributed by atoms with van der Waals surface area (Å²) >= 11 is 0. The summed E-state index contributed by atoms with van der Waals surface area (Å²) in [7, 11) is 0. The van der Waals surface area contributed by atoms with Gasteiger partial charge in [0.1, 0.15) is 0 Å². The van der Waals surface area contributed by atoms with Gasteiger partial charge in [0.2, 0.25) is 0 Å². The molecule has 0 saturated carbocycles. The summed E-state index contributed by atoms with van der Waals surface area (Å²) in [5.41, 5.74) is 0. The summed E-state index contributed by atoms with van der Waals surface area (Å²) in [6.07, 6.45) is -12.1. The SMILES string of the molecule is C=C[C@@](F)(OC(F)(F)F)C(F)(F)F. The Balaban J connectivity index is 4.77. The van der Waals surface area contributed by atoms with Crippen molar-refractivity contribution < 1.29 is 35.5 Å². The van der Waals surface area contributed by atoms with E-state index in [1.165, 1.54) is 0 Å². The molecule has 0 N–H and O–H groups in total. The van der Waals surface area contributed by atoms with E-state index in [0.29, 0.717) is 0 Å². The van der Waals surface area contributed by atoms with Crippen molar-refractivity contribution >= 4 is 0 Å². The zero-order valence-corrected chi connectivity index (χ0v) is 5.84. The molecule has 0 fully saturated rings. The van der Waals surface area contributed by atoms with E-state index in [1.807, 2.05) is 0 Å². The fourth-order valence-corrected chi connectivity index (χ4v) is 0.384. The Bertz CT molecular complexity index is 192. The molecule has 0 bridgehead atoms. The van der Waals surface area contributed by atoms with Gasteiger partial charge in [-0.2, -0.15) is 17.6 Å². The number of ether oxygens (including phenoxy) is 1. The Hall–Kier alpha value is -0.790. The molecule has 0 aliphatic carbocycles. The topological polar surface area (TPSA) is 9.23 Å². The smallest absolute Gasteiger partial charge is 0.242 e. The molecule has 0 aromatic rings. The zero-order chi connectivity index (χ0) is 10.9. The van der Waals surface area contributed by atoms with Gasteiger partial charge < -0.3 is 0 Å². The lowest BCUT2D eigenvalue weighted by Gasteiger charge is -2.24. The van der Waals surface area contributed by atoms with Crippen LogP contribution in [0, 0.1) is 0 Å². The van der Waals surface area contributed by atoms with E-state index in [-0.39, 0.29) is 0 Å². The van der Waals surface area contributed by atoms with Crippen LogP contribution in [0.25, 0.3) is 0 Å². The third kappa shape index (κ3) is 3.21. The van der Waals surface area contributed by atoms with Gasteiger partial charge in [-0.3, -0.25) is 0 Å². The Labute approximate surface area is 67.8 Å². The van der Waals surface area contributed by atoms with Crippen molar-refractivity contribution in [3.8, 4) is 0 Å². The third-order valence-corrected chi connectivity index (χ3v) is 0.913. The maximum atomic E-state index is 12.3. The summed E-state index contributed by atoms with van der Waals surface area (Å²) in [6, 6.07) is 0. The Morgan fingerprint density at radius 2 is 1.31 bits per heavy atom. The lowest BCUT2D eigenvalue weighted by molar-refractivity contribution is -0.432. The van der Waals surface area contributed by atoms with Crippen LogP contribution in [0.5, 0.6) is 0 Å². The van der Waals surface area contributed by atoms with Crippen molar-refractivity contribution in [3.63, 3.8) is 0 Å². The molecule has 1 nitrogen and oxygen atoms in total. The molecule has 0 saturated heterocycles. The fourth-order valence-electron chi connectivity index (χ4n) is 0.384. The Morgan fingerprint density at radius 3 is 1.38 bits per heavy atom. The Morgan fingerprint density at radius 1 is 0.923 bits per heavy atom. The molecule has 0 amide bonds. The second-order valence-electron chi connectivity index (χ2n) is 1.89. The van der Waals surface area contributed by atoms with Gasteiger partial charge in [-0.1, -0.05) is 6.58 Å². The van der Waals surface area contributed by atoms with Crippen molar-refractivity contribution in [1.29, 1.82) is 0 Å². The lowest BCUT2D eigenvalue weighted by Crippen LogP contribution is -2.45. The molecule has 0 rings (SSSR count). The number of alkyl halides is 7. The van der Waals surface area contributed by atoms with Crippen molar-refractivity contribution in [3.05, 3.63) is 12.7 Å². The minimum absolute atomic E-state index is 0.611. The highest BCUT2D eigenvalue weighted by molar-refractivity contribution is 4.94. The molecule has 0 aromatic heterocycles. The molecule has 0 radical (unpaired) electrons. The standard InChI is InChI=1S/C5H3F7O/c1-2-3(6,4(7,8)9)13-5(10,11)12/h2H,1H2/t3-/m1/s1. The number of rotatable bonds is 2. The molecule has 0 heterocycles. The van der Waals surface area contributed by atoms with Gasteiger partial charge in [-0.15, -0.1) is 13.2 Å². The zero-order valence-electron chi connectivity index (χ0n) is 5.84. The second-order valence-corrected chi connectivity index (χ2v) is 1.89. The first kappa shape index (κ1) is 12.2. The van der Waals surface area contributed by atoms with E-state index in [0.717, 1.165) is 0 Å². The van der Waals surface area contributed by atoms with Crippen LogP contribution in [0.2, 0.25) is 0 Å². The molecular formula is C5H3F7O. The Kier molecular flexibility index (Phi) is 2.97. The molecule has 0 aromatic carbocycles. The summed E-state index contributed by atoms with van der Waals surface area (Å²) in [5.74, 6) is -4.90. The molecule has 0 unspecified atom stereocenters. The number of hydrogen-bond acceptors (Lipinski definition) is 1. The van der Waals surface area contributed by atoms with Crippen molar-refractivity contribution in [2.24, 2.45) is 0 Å². The van der Waals surface area contributed by atoms with Gasteiger partial charge in [0, 0.05) is 0 Å². The van der Waals surface area contributed by atoms with Crippen LogP contribution in [-0.2, 0) is 4.74 Å². The summed E-state index contributed by atoms with van der Waals surface area (Å²) < 4.78 is 83.0. The molecule has 0 aliphatic heterocycles. The molecular weight excluding hydrogens is 209 g/mol. The van der Waals surface area contributed by atoms with Crippen molar-refractivity contribution in [1.82, 2.24) is 0 Å². The molecule has 78 valence electrons. The molecule has 1 atom stereocenters. The molecule has 8 heteroatoms. The minimum atomic E-state index is -5.82. The van der Waals surface area contributed by atoms with Gasteiger partial charge in [0.05, 0.1) is 0 Å². The normalized spacial score (nSPS) is 18.1. The van der Waals surface area contributed by atoms with Crippen molar-refractivity contribution in [2.45, 2.75) is 18.4 Å². The number of halogens is 7. The van der Waals surface area contributed by atoms with Gasteiger partial charge in [-0.25, -0.2) is 4.74 Å². The van der Waals surface area contributed by atoms with Crippen LogP contribution >= 0.6 is 0 Å². The third-order valence-electron chi connectivity index (χ3n) is 0.913. The van der Waals surface area contributed by atoms with Crippen LogP contribution in [0.15, 0.2) is 12.7 Å². The maximum absolute atomic E-state index is 12.3. The van der Waals surface area contributed by atoms with Crippen molar-refractivity contribution in [2.75, 3.05) is 0 Å². The van der Waals surface area contributed by atoms with Gasteiger partial charge in [0.25, 0.3) is 0 Å². The average Bonchev–Trinajstić information content (AvgIpc) is 1.81. The van der Waals surface area contributed by atoms with E-state index >= 15 is 0 Å². The maximum Gasteiger partial charge on any atom is 0.525 e. The van der Waals surface area contributed by atoms with E-state index in [9.17, 15) is 30.7 Å². The van der Waals surface area contributed by atoms with Gasteiger partial charge >= 0.3 is 18.4 Å². The molecule has 13 heavy (non-hydrogen) atoms. The second kappa shape index (κ2) is 3.17. The summed E-state index contributed by atoms with van der Waals surface area (Å²) in [4.78, 5) is 0. The van der Waals surface area contributed by atoms with Crippen LogP contribution in [-0.4, -0.2) is 18.4 Å². The highest BCUT2D eigenvalue weighted by Crippen LogP contribution is 2.40. The van der Waals surface area contributed by atoms with E-state index in [2.05, 4.69) is 11.3 Å². The highest BCUT2D eigenvalue weighted by atomic mass is 19.4. The predicted molar refractivity (Wildman–Crippen MR) is 27.2 cm³/mol. The van der Waals surface area contributed by atoms with Crippen LogP contribution < -0.4 is 0 Å². The quantitative estimate of drug-likeness (QED) is 0.505. The highest BCUT2D eigenvalue weighted by Gasteiger charge is 2.60. The first-order valence-corrected chi connectivity index (χ1v) is 2.68. The van der Waals surface area contributed by atoms with Crippen LogP contribution in [0.3, 0.4) is 0 Å². The summed E-state index contributed by atoms with van der Waals surface area (Å²) in [6.45, 7) is 2.26. The largest absolute Gasteiger partial charge is 0.525 e. The van der Waals surface area contributed by atoms with Crippen LogP contribution in [0.1, 0.15) is 0 Å². The molecule has 0 aliphatic rings. The minimum Gasteiger partial charge on any atom is -0.242 e. The lowest BCUT2D eigenvalue weighted by atomic mass is 10.3. The van der Waals surface area contributed by atoms with Gasteiger partial charge in [0.15, 0.2) is 0 Å². The van der Waals surface area contributed by atoms with Gasteiger partial charge in [-0.05, 0) is 6.08 Å². The predicted octanol–water partition coefficient (Wildman–Crippen LogP) is 2.94. The fraction of sp³-hybridized carbons (Fsp3) is 0.600. The summed E-state index contributed by atoms with van der Waals surface area (Å²) in [5, 5.41) is 0. The molecule has 0 spiro atoms. The van der Waals surface area contributed by atoms with E-state index in [4.69, 9.17) is 0 Å². The monoisotopic (exact) mass is 212 g/mol. The first-order chi connectivity index (χ1) is 5.52. The van der Waals surface area contributed by atoms with E-state index < -0.39 is 24.5 Å². The first-order valence-electron chi connectivity index (χ1n) is 2.68. The van der Waals surface area contributed by atoms with E-state index in [1.54, 1.807) is 0 Å². The average molecular weight is 212 g/mol.